The molecule has 1 aromatic carbocycles. The second kappa shape index (κ2) is 8.44. The molecule has 0 radical (unpaired) electrons. The highest BCUT2D eigenvalue weighted by molar-refractivity contribution is 5.95. The van der Waals surface area contributed by atoms with Crippen molar-refractivity contribution < 1.29 is 19.1 Å². The van der Waals surface area contributed by atoms with Gasteiger partial charge in [0.1, 0.15) is 6.10 Å². The normalized spacial score (nSPS) is 17.5. The van der Waals surface area contributed by atoms with Crippen molar-refractivity contribution in [1.29, 1.82) is 0 Å². The third-order valence-electron chi connectivity index (χ3n) is 3.62. The molecule has 7 nitrogen and oxygen atoms in total. The molecular formula is C17H23N3O4. The lowest BCUT2D eigenvalue weighted by Gasteiger charge is -2.32. The molecule has 1 saturated heterocycles. The number of hydrogen-bond donors (Lipinski definition) is 2. The molecule has 1 aromatic rings. The van der Waals surface area contributed by atoms with Gasteiger partial charge in [-0.05, 0) is 30.7 Å². The Labute approximate surface area is 141 Å². The van der Waals surface area contributed by atoms with Crippen molar-refractivity contribution in [3.63, 3.8) is 0 Å². The molecular weight excluding hydrogens is 310 g/mol. The van der Waals surface area contributed by atoms with Gasteiger partial charge in [-0.1, -0.05) is 6.92 Å². The van der Waals surface area contributed by atoms with Gasteiger partial charge in [0.05, 0.1) is 13.0 Å². The predicted molar refractivity (Wildman–Crippen MR) is 90.6 cm³/mol. The van der Waals surface area contributed by atoms with Gasteiger partial charge in [-0.3, -0.25) is 14.4 Å². The fraction of sp³-hybridized carbons (Fsp3) is 0.471. The summed E-state index contributed by atoms with van der Waals surface area (Å²) >= 11 is 0. The number of morpholine rings is 1. The van der Waals surface area contributed by atoms with Gasteiger partial charge in [0.2, 0.25) is 11.8 Å². The summed E-state index contributed by atoms with van der Waals surface area (Å²) in [5.74, 6) is -0.561. The average Bonchev–Trinajstić information content (AvgIpc) is 2.53. The first kappa shape index (κ1) is 17.9. The third-order valence-corrected chi connectivity index (χ3v) is 3.62. The van der Waals surface area contributed by atoms with E-state index >= 15 is 0 Å². The minimum absolute atomic E-state index is 0.00745. The van der Waals surface area contributed by atoms with Gasteiger partial charge in [0, 0.05) is 31.4 Å². The number of carbonyl (C=O) groups excluding carboxylic acids is 3. The maximum Gasteiger partial charge on any atom is 0.252 e. The fourth-order valence-corrected chi connectivity index (χ4v) is 2.55. The van der Waals surface area contributed by atoms with Crippen LogP contribution in [0.4, 0.5) is 11.4 Å². The lowest BCUT2D eigenvalue weighted by Crippen LogP contribution is -2.49. The molecule has 1 atom stereocenters. The summed E-state index contributed by atoms with van der Waals surface area (Å²) in [6.45, 7) is 5.16. The topological polar surface area (TPSA) is 87.7 Å². The minimum Gasteiger partial charge on any atom is -0.366 e. The Morgan fingerprint density at radius 1 is 1.21 bits per heavy atom. The molecule has 1 aliphatic rings. The molecule has 0 saturated carbocycles. The number of hydrogen-bond acceptors (Lipinski definition) is 4. The second-order valence-corrected chi connectivity index (χ2v) is 5.70. The van der Waals surface area contributed by atoms with E-state index < -0.39 is 6.10 Å². The Morgan fingerprint density at radius 2 is 1.83 bits per heavy atom. The Hall–Kier alpha value is -2.41. The summed E-state index contributed by atoms with van der Waals surface area (Å²) in [4.78, 5) is 37.1. The van der Waals surface area contributed by atoms with Crippen LogP contribution in [-0.4, -0.2) is 48.4 Å². The smallest absolute Gasteiger partial charge is 0.252 e. The lowest BCUT2D eigenvalue weighted by molar-refractivity contribution is -0.155. The predicted octanol–water partition coefficient (Wildman–Crippen LogP) is 1.61. The number of nitrogens with zero attached hydrogens (tertiary/aromatic N) is 1. The number of rotatable bonds is 6. The summed E-state index contributed by atoms with van der Waals surface area (Å²) in [5, 5.41) is 5.39. The molecule has 0 aliphatic carbocycles. The molecule has 0 aromatic heterocycles. The molecule has 2 rings (SSSR count). The average molecular weight is 333 g/mol. The summed E-state index contributed by atoms with van der Waals surface area (Å²) in [5.41, 5.74) is 1.25. The summed E-state index contributed by atoms with van der Waals surface area (Å²) in [6.07, 6.45) is 0.154. The van der Waals surface area contributed by atoms with Gasteiger partial charge in [-0.25, -0.2) is 0 Å². The number of anilines is 2. The van der Waals surface area contributed by atoms with Crippen LogP contribution < -0.4 is 10.6 Å². The molecule has 2 N–H and O–H groups in total. The van der Waals surface area contributed by atoms with Crippen molar-refractivity contribution in [3.05, 3.63) is 24.3 Å². The second-order valence-electron chi connectivity index (χ2n) is 5.70. The summed E-state index contributed by atoms with van der Waals surface area (Å²) < 4.78 is 5.44. The van der Waals surface area contributed by atoms with Crippen molar-refractivity contribution in [2.45, 2.75) is 32.8 Å². The van der Waals surface area contributed by atoms with Crippen LogP contribution in [0.25, 0.3) is 0 Å². The highest BCUT2D eigenvalue weighted by Crippen LogP contribution is 2.16. The van der Waals surface area contributed by atoms with Gasteiger partial charge >= 0.3 is 0 Å². The molecule has 1 heterocycles. The highest BCUT2D eigenvalue weighted by Gasteiger charge is 2.30. The first-order chi connectivity index (χ1) is 11.5. The zero-order chi connectivity index (χ0) is 17.5. The number of ether oxygens (including phenoxy) is 1. The molecule has 0 spiro atoms. The highest BCUT2D eigenvalue weighted by atomic mass is 16.5. The van der Waals surface area contributed by atoms with Crippen molar-refractivity contribution in [2.24, 2.45) is 0 Å². The standard InChI is InChI=1S/C17H23N3O4/c1-3-8-20-9-10-24-15(17(20)23)11-16(22)19-14-6-4-13(5-7-14)18-12(2)21/h4-7,15H,3,8-11H2,1-2H3,(H,18,21)(H,19,22)/t15-/m1/s1. The molecule has 7 heteroatoms. The van der Waals surface area contributed by atoms with Crippen LogP contribution in [0, 0.1) is 0 Å². The first-order valence-corrected chi connectivity index (χ1v) is 8.07. The molecule has 24 heavy (non-hydrogen) atoms. The van der Waals surface area contributed by atoms with Crippen molar-refractivity contribution in [1.82, 2.24) is 4.90 Å². The molecule has 3 amide bonds. The summed E-state index contributed by atoms with van der Waals surface area (Å²) in [6, 6.07) is 6.77. The lowest BCUT2D eigenvalue weighted by atomic mass is 10.1. The van der Waals surface area contributed by atoms with E-state index in [1.807, 2.05) is 6.92 Å². The zero-order valence-electron chi connectivity index (χ0n) is 14.0. The maximum absolute atomic E-state index is 12.2. The van der Waals surface area contributed by atoms with Gasteiger partial charge < -0.3 is 20.3 Å². The maximum atomic E-state index is 12.2. The third kappa shape index (κ3) is 5.06. The minimum atomic E-state index is -0.719. The van der Waals surface area contributed by atoms with Gasteiger partial charge in [-0.2, -0.15) is 0 Å². The largest absolute Gasteiger partial charge is 0.366 e. The quantitative estimate of drug-likeness (QED) is 0.828. The number of carbonyl (C=O) groups is 3. The van der Waals surface area contributed by atoms with E-state index in [0.717, 1.165) is 6.42 Å². The van der Waals surface area contributed by atoms with Crippen LogP contribution >= 0.6 is 0 Å². The molecule has 130 valence electrons. The van der Waals surface area contributed by atoms with E-state index in [-0.39, 0.29) is 24.1 Å². The van der Waals surface area contributed by atoms with E-state index in [9.17, 15) is 14.4 Å². The van der Waals surface area contributed by atoms with Crippen LogP contribution in [0.3, 0.4) is 0 Å². The van der Waals surface area contributed by atoms with Gasteiger partial charge in [-0.15, -0.1) is 0 Å². The Morgan fingerprint density at radius 3 is 2.42 bits per heavy atom. The van der Waals surface area contributed by atoms with E-state index in [0.29, 0.717) is 31.1 Å². The number of amides is 3. The molecule has 0 bridgehead atoms. The number of nitrogens with one attached hydrogen (secondary N) is 2. The van der Waals surface area contributed by atoms with Crippen molar-refractivity contribution in [2.75, 3.05) is 30.3 Å². The Bertz CT molecular complexity index is 598. The van der Waals surface area contributed by atoms with Crippen molar-refractivity contribution in [3.8, 4) is 0 Å². The SMILES string of the molecule is CCCN1CCO[C@H](CC(=O)Nc2ccc(NC(C)=O)cc2)C1=O. The molecule has 1 aliphatic heterocycles. The molecule has 1 fully saturated rings. The van der Waals surface area contributed by atoms with E-state index in [2.05, 4.69) is 10.6 Å². The monoisotopic (exact) mass is 333 g/mol. The molecule has 0 unspecified atom stereocenters. The van der Waals surface area contributed by atoms with E-state index in [1.54, 1.807) is 29.2 Å². The first-order valence-electron chi connectivity index (χ1n) is 8.07. The van der Waals surface area contributed by atoms with Crippen LogP contribution in [0.1, 0.15) is 26.7 Å². The Balaban J connectivity index is 1.88. The summed E-state index contributed by atoms with van der Waals surface area (Å²) in [7, 11) is 0. The van der Waals surface area contributed by atoms with Crippen LogP contribution in [-0.2, 0) is 19.1 Å². The zero-order valence-corrected chi connectivity index (χ0v) is 14.0. The van der Waals surface area contributed by atoms with E-state index in [4.69, 9.17) is 4.74 Å². The van der Waals surface area contributed by atoms with Crippen molar-refractivity contribution >= 4 is 29.1 Å². The van der Waals surface area contributed by atoms with Gasteiger partial charge in [0.25, 0.3) is 5.91 Å². The number of benzene rings is 1. The van der Waals surface area contributed by atoms with Crippen LogP contribution in [0.2, 0.25) is 0 Å². The Kier molecular flexibility index (Phi) is 6.31. The van der Waals surface area contributed by atoms with E-state index in [1.165, 1.54) is 6.92 Å². The van der Waals surface area contributed by atoms with Crippen LogP contribution in [0.5, 0.6) is 0 Å². The fourth-order valence-electron chi connectivity index (χ4n) is 2.55. The van der Waals surface area contributed by atoms with Crippen LogP contribution in [0.15, 0.2) is 24.3 Å². The van der Waals surface area contributed by atoms with Gasteiger partial charge in [0.15, 0.2) is 0 Å².